The minimum Gasteiger partial charge on any atom is -0.396 e. The SMILES string of the molecule is CC(C)n1nc(N2CC(C(=O)N3CCC(CO)C3)C2)c2cnc(Nc3ccnc(-c4cnn(S(=O)(=O)C5CC5)c4)n3)cc21. The second-order valence-corrected chi connectivity index (χ2v) is 14.0. The van der Waals surface area contributed by atoms with Crippen molar-refractivity contribution in [1.82, 2.24) is 38.8 Å². The Hall–Kier alpha value is -4.11. The van der Waals surface area contributed by atoms with Gasteiger partial charge in [0.1, 0.15) is 11.6 Å². The lowest BCUT2D eigenvalue weighted by Crippen LogP contribution is -2.54. The van der Waals surface area contributed by atoms with Crippen LogP contribution < -0.4 is 10.2 Å². The molecule has 3 fully saturated rings. The highest BCUT2D eigenvalue weighted by Crippen LogP contribution is 2.35. The minimum absolute atomic E-state index is 0.0709. The molecule has 0 bridgehead atoms. The molecule has 3 aliphatic rings. The molecule has 226 valence electrons. The third-order valence-corrected chi connectivity index (χ3v) is 10.4. The van der Waals surface area contributed by atoms with Crippen LogP contribution in [0, 0.1) is 11.8 Å². The maximum absolute atomic E-state index is 13.0. The summed E-state index contributed by atoms with van der Waals surface area (Å²) in [6.07, 6.45) is 8.46. The fourth-order valence-electron chi connectivity index (χ4n) is 5.74. The molecule has 43 heavy (non-hydrogen) atoms. The van der Waals surface area contributed by atoms with E-state index in [1.54, 1.807) is 18.5 Å². The largest absolute Gasteiger partial charge is 0.396 e. The van der Waals surface area contributed by atoms with Gasteiger partial charge in [0.05, 0.1) is 40.0 Å². The molecule has 2 N–H and O–H groups in total. The van der Waals surface area contributed by atoms with Crippen LogP contribution in [0.3, 0.4) is 0 Å². The molecule has 7 rings (SSSR count). The summed E-state index contributed by atoms with van der Waals surface area (Å²) < 4.78 is 28.0. The second-order valence-electron chi connectivity index (χ2n) is 11.9. The molecular weight excluding hydrogens is 572 g/mol. The van der Waals surface area contributed by atoms with Gasteiger partial charge in [0.25, 0.3) is 10.0 Å². The maximum atomic E-state index is 13.0. The Morgan fingerprint density at radius 2 is 1.93 bits per heavy atom. The summed E-state index contributed by atoms with van der Waals surface area (Å²) in [6.45, 7) is 6.81. The van der Waals surface area contributed by atoms with Crippen LogP contribution in [-0.2, 0) is 14.8 Å². The third-order valence-electron chi connectivity index (χ3n) is 8.38. The first-order valence-electron chi connectivity index (χ1n) is 14.6. The molecule has 1 unspecified atom stereocenters. The van der Waals surface area contributed by atoms with Crippen molar-refractivity contribution in [3.63, 3.8) is 0 Å². The van der Waals surface area contributed by atoms with Gasteiger partial charge in [0.15, 0.2) is 11.6 Å². The summed E-state index contributed by atoms with van der Waals surface area (Å²) in [4.78, 5) is 30.5. The quantitative estimate of drug-likeness (QED) is 0.286. The Kier molecular flexibility index (Phi) is 6.80. The fourth-order valence-corrected chi connectivity index (χ4v) is 7.21. The van der Waals surface area contributed by atoms with Crippen LogP contribution in [0.5, 0.6) is 0 Å². The predicted molar refractivity (Wildman–Crippen MR) is 159 cm³/mol. The maximum Gasteiger partial charge on any atom is 0.256 e. The normalized spacial score (nSPS) is 19.4. The number of anilines is 3. The highest BCUT2D eigenvalue weighted by molar-refractivity contribution is 7.90. The lowest BCUT2D eigenvalue weighted by atomic mass is 9.98. The number of hydrogen-bond donors (Lipinski definition) is 2. The molecule has 1 aliphatic carbocycles. The van der Waals surface area contributed by atoms with Crippen LogP contribution in [0.15, 0.2) is 36.9 Å². The molecule has 0 aromatic carbocycles. The molecule has 2 saturated heterocycles. The molecule has 15 heteroatoms. The molecule has 1 atom stereocenters. The zero-order chi connectivity index (χ0) is 29.9. The lowest BCUT2D eigenvalue weighted by molar-refractivity contribution is -0.135. The number of carbonyl (C=O) groups is 1. The predicted octanol–water partition coefficient (Wildman–Crippen LogP) is 2.03. The molecule has 1 amide bonds. The van der Waals surface area contributed by atoms with Crippen molar-refractivity contribution >= 4 is 44.3 Å². The number of aliphatic hydroxyl groups excluding tert-OH is 1. The number of pyridine rings is 1. The van der Waals surface area contributed by atoms with Crippen LogP contribution in [0.4, 0.5) is 17.5 Å². The molecule has 14 nitrogen and oxygen atoms in total. The third kappa shape index (κ3) is 5.09. The van der Waals surface area contributed by atoms with E-state index in [0.717, 1.165) is 27.2 Å². The summed E-state index contributed by atoms with van der Waals surface area (Å²) in [5, 5.41) is 22.1. The Morgan fingerprint density at radius 3 is 2.65 bits per heavy atom. The van der Waals surface area contributed by atoms with Crippen LogP contribution in [0.1, 0.15) is 39.2 Å². The fraction of sp³-hybridized carbons (Fsp3) is 0.500. The van der Waals surface area contributed by atoms with Gasteiger partial charge in [-0.05, 0) is 39.2 Å². The summed E-state index contributed by atoms with van der Waals surface area (Å²) in [5.41, 5.74) is 1.41. The number of amides is 1. The van der Waals surface area contributed by atoms with Crippen molar-refractivity contribution in [2.45, 2.75) is 44.4 Å². The molecule has 4 aromatic heterocycles. The van der Waals surface area contributed by atoms with Gasteiger partial charge in [-0.15, -0.1) is 0 Å². The summed E-state index contributed by atoms with van der Waals surface area (Å²) in [5.74, 6) is 2.50. The summed E-state index contributed by atoms with van der Waals surface area (Å²) in [6, 6.07) is 3.74. The van der Waals surface area contributed by atoms with Crippen molar-refractivity contribution in [3.8, 4) is 11.4 Å². The lowest BCUT2D eigenvalue weighted by Gasteiger charge is -2.40. The van der Waals surface area contributed by atoms with E-state index < -0.39 is 10.0 Å². The van der Waals surface area contributed by atoms with Gasteiger partial charge in [-0.2, -0.15) is 14.3 Å². The van der Waals surface area contributed by atoms with Crippen molar-refractivity contribution in [1.29, 1.82) is 0 Å². The Morgan fingerprint density at radius 1 is 1.12 bits per heavy atom. The van der Waals surface area contributed by atoms with Gasteiger partial charge in [-0.25, -0.2) is 23.4 Å². The van der Waals surface area contributed by atoms with E-state index in [2.05, 4.69) is 44.1 Å². The summed E-state index contributed by atoms with van der Waals surface area (Å²) >= 11 is 0. The van der Waals surface area contributed by atoms with Gasteiger partial charge in [0, 0.05) is 63.2 Å². The van der Waals surface area contributed by atoms with Crippen molar-refractivity contribution in [2.24, 2.45) is 11.8 Å². The number of rotatable bonds is 9. The number of likely N-dealkylation sites (tertiary alicyclic amines) is 1. The first-order chi connectivity index (χ1) is 20.7. The van der Waals surface area contributed by atoms with Crippen molar-refractivity contribution in [3.05, 3.63) is 36.9 Å². The average molecular weight is 607 g/mol. The number of aliphatic hydroxyl groups is 1. The molecular formula is C28H34N10O4S. The zero-order valence-electron chi connectivity index (χ0n) is 24.0. The molecule has 1 saturated carbocycles. The number of hydrogen-bond acceptors (Lipinski definition) is 11. The van der Waals surface area contributed by atoms with Gasteiger partial charge >= 0.3 is 0 Å². The van der Waals surface area contributed by atoms with Crippen molar-refractivity contribution in [2.75, 3.05) is 43.0 Å². The number of carbonyl (C=O) groups excluding carboxylic acids is 1. The van der Waals surface area contributed by atoms with Crippen LogP contribution in [0.25, 0.3) is 22.3 Å². The summed E-state index contributed by atoms with van der Waals surface area (Å²) in [7, 11) is -3.47. The van der Waals surface area contributed by atoms with Gasteiger partial charge in [-0.1, -0.05) is 0 Å². The van der Waals surface area contributed by atoms with Crippen LogP contribution >= 0.6 is 0 Å². The van der Waals surface area contributed by atoms with Crippen LogP contribution in [-0.4, -0.2) is 96.3 Å². The first-order valence-corrected chi connectivity index (χ1v) is 16.1. The molecule has 2 aliphatic heterocycles. The Labute approximate surface area is 248 Å². The number of aromatic nitrogens is 7. The average Bonchev–Trinajstić information content (AvgIpc) is 3.37. The zero-order valence-corrected chi connectivity index (χ0v) is 24.9. The standard InChI is InChI=1S/C28H34N10O4S/c1-17(2)38-23-9-25(32-24-5-7-29-26(33-24)19-10-31-37(15-19)43(41,42)21-3-4-21)30-11-22(23)27(34-38)36-13-20(14-36)28(40)35-8-6-18(12-35)16-39/h5,7,9-11,15,17-18,20-21,39H,3-4,6,8,12-14,16H2,1-2H3,(H,29,30,32,33). The molecule has 0 radical (unpaired) electrons. The number of nitrogens with zero attached hydrogens (tertiary/aromatic N) is 9. The van der Waals surface area contributed by atoms with Gasteiger partial charge in [0.2, 0.25) is 5.91 Å². The number of nitrogens with one attached hydrogen (secondary N) is 1. The van der Waals surface area contributed by atoms with E-state index in [1.165, 1.54) is 12.4 Å². The van der Waals surface area contributed by atoms with Gasteiger partial charge in [-0.3, -0.25) is 9.48 Å². The molecule has 4 aromatic rings. The van der Waals surface area contributed by atoms with E-state index >= 15 is 0 Å². The van der Waals surface area contributed by atoms with Crippen molar-refractivity contribution < 1.29 is 18.3 Å². The Bertz CT molecular complexity index is 1790. The van der Waals surface area contributed by atoms with Crippen LogP contribution in [0.2, 0.25) is 0 Å². The van der Waals surface area contributed by atoms with Gasteiger partial charge < -0.3 is 20.2 Å². The van der Waals surface area contributed by atoms with E-state index in [1.807, 2.05) is 15.6 Å². The van der Waals surface area contributed by atoms with E-state index in [0.29, 0.717) is 62.0 Å². The second kappa shape index (κ2) is 10.6. The van der Waals surface area contributed by atoms with E-state index in [-0.39, 0.29) is 35.6 Å². The highest BCUT2D eigenvalue weighted by Gasteiger charge is 2.40. The first kappa shape index (κ1) is 27.7. The minimum atomic E-state index is -3.47. The number of fused-ring (bicyclic) bond motifs is 1. The smallest absolute Gasteiger partial charge is 0.256 e. The molecule has 6 heterocycles. The monoisotopic (exact) mass is 606 g/mol. The van der Waals surface area contributed by atoms with E-state index in [9.17, 15) is 18.3 Å². The Balaban J connectivity index is 1.08. The van der Waals surface area contributed by atoms with E-state index in [4.69, 9.17) is 5.10 Å². The molecule has 0 spiro atoms. The topological polar surface area (TPSA) is 164 Å². The highest BCUT2D eigenvalue weighted by atomic mass is 32.2.